The molecular weight excluding hydrogens is 302 g/mol. The standard InChI is InChI=1S/C13H14ClNO6/c1-7(16)20-8(2)21-13(19)15-6-9-3-4-10(14)5-11(9)12(17)18/h3-5,8H,6H2,1-2H3,(H,15,19)(H,17,18)/t8-/m0/s1. The van der Waals surface area contributed by atoms with Crippen LogP contribution >= 0.6 is 11.6 Å². The van der Waals surface area contributed by atoms with Gasteiger partial charge in [0.25, 0.3) is 0 Å². The number of amides is 1. The molecule has 1 aromatic carbocycles. The summed E-state index contributed by atoms with van der Waals surface area (Å²) in [4.78, 5) is 33.2. The molecule has 0 radical (unpaired) electrons. The number of rotatable bonds is 5. The molecular formula is C13H14ClNO6. The highest BCUT2D eigenvalue weighted by atomic mass is 35.5. The second kappa shape index (κ2) is 7.49. The van der Waals surface area contributed by atoms with Crippen molar-refractivity contribution >= 4 is 29.6 Å². The van der Waals surface area contributed by atoms with Crippen LogP contribution in [-0.4, -0.2) is 29.4 Å². The van der Waals surface area contributed by atoms with Crippen molar-refractivity contribution in [2.24, 2.45) is 0 Å². The largest absolute Gasteiger partial charge is 0.478 e. The molecule has 0 aromatic heterocycles. The molecule has 1 aromatic rings. The summed E-state index contributed by atoms with van der Waals surface area (Å²) in [5.74, 6) is -1.74. The summed E-state index contributed by atoms with van der Waals surface area (Å²) in [7, 11) is 0. The molecule has 0 aliphatic carbocycles. The van der Waals surface area contributed by atoms with Crippen molar-refractivity contribution in [3.05, 3.63) is 34.3 Å². The number of benzene rings is 1. The van der Waals surface area contributed by atoms with E-state index < -0.39 is 24.3 Å². The molecule has 0 unspecified atom stereocenters. The first-order chi connectivity index (χ1) is 9.79. The van der Waals surface area contributed by atoms with Gasteiger partial charge < -0.3 is 19.9 Å². The fourth-order valence-electron chi connectivity index (χ4n) is 1.52. The first-order valence-corrected chi connectivity index (χ1v) is 6.31. The number of carboxylic acids is 1. The Bertz CT molecular complexity index is 560. The van der Waals surface area contributed by atoms with E-state index in [0.717, 1.165) is 0 Å². The van der Waals surface area contributed by atoms with E-state index in [1.54, 1.807) is 0 Å². The van der Waals surface area contributed by atoms with Crippen molar-refractivity contribution in [2.75, 3.05) is 0 Å². The van der Waals surface area contributed by atoms with Gasteiger partial charge in [-0.25, -0.2) is 9.59 Å². The molecule has 1 atom stereocenters. The smallest absolute Gasteiger partial charge is 0.410 e. The molecule has 0 heterocycles. The van der Waals surface area contributed by atoms with Crippen molar-refractivity contribution in [1.82, 2.24) is 5.32 Å². The predicted octanol–water partition coefficient (Wildman–Crippen LogP) is 2.17. The fraction of sp³-hybridized carbons (Fsp3) is 0.308. The molecule has 7 nitrogen and oxygen atoms in total. The van der Waals surface area contributed by atoms with Gasteiger partial charge in [0.2, 0.25) is 6.29 Å². The van der Waals surface area contributed by atoms with Crippen molar-refractivity contribution in [3.63, 3.8) is 0 Å². The van der Waals surface area contributed by atoms with Crippen LogP contribution in [-0.2, 0) is 20.8 Å². The maximum absolute atomic E-state index is 11.5. The quantitative estimate of drug-likeness (QED) is 0.638. The number of ether oxygens (including phenoxy) is 2. The Morgan fingerprint density at radius 3 is 2.57 bits per heavy atom. The van der Waals surface area contributed by atoms with Crippen molar-refractivity contribution in [1.29, 1.82) is 0 Å². The number of carbonyl (C=O) groups is 3. The molecule has 0 aliphatic rings. The summed E-state index contributed by atoms with van der Waals surface area (Å²) in [6.07, 6.45) is -1.87. The van der Waals surface area contributed by atoms with Gasteiger partial charge in [-0.1, -0.05) is 17.7 Å². The monoisotopic (exact) mass is 315 g/mol. The minimum atomic E-state index is -1.16. The van der Waals surface area contributed by atoms with Crippen LogP contribution < -0.4 is 5.32 Å². The van der Waals surface area contributed by atoms with E-state index >= 15 is 0 Å². The zero-order chi connectivity index (χ0) is 16.0. The van der Waals surface area contributed by atoms with E-state index in [1.165, 1.54) is 32.0 Å². The summed E-state index contributed by atoms with van der Waals surface area (Å²) >= 11 is 5.72. The highest BCUT2D eigenvalue weighted by Gasteiger charge is 2.14. The number of alkyl carbamates (subject to hydrolysis) is 1. The van der Waals surface area contributed by atoms with Crippen LogP contribution in [0.4, 0.5) is 4.79 Å². The van der Waals surface area contributed by atoms with Gasteiger partial charge in [-0.3, -0.25) is 4.79 Å². The molecule has 0 saturated carbocycles. The summed E-state index contributed by atoms with van der Waals surface area (Å²) < 4.78 is 9.36. The van der Waals surface area contributed by atoms with Gasteiger partial charge >= 0.3 is 18.0 Å². The second-order valence-electron chi connectivity index (χ2n) is 4.04. The van der Waals surface area contributed by atoms with Crippen LogP contribution in [0.2, 0.25) is 5.02 Å². The Morgan fingerprint density at radius 2 is 2.00 bits per heavy atom. The normalized spacial score (nSPS) is 11.4. The highest BCUT2D eigenvalue weighted by molar-refractivity contribution is 6.30. The zero-order valence-corrected chi connectivity index (χ0v) is 12.1. The third-order valence-electron chi connectivity index (χ3n) is 2.33. The Labute approximate surface area is 125 Å². The molecule has 0 bridgehead atoms. The number of aromatic carboxylic acids is 1. The number of hydrogen-bond acceptors (Lipinski definition) is 5. The number of carbonyl (C=O) groups excluding carboxylic acids is 2. The number of halogens is 1. The van der Waals surface area contributed by atoms with Crippen LogP contribution in [0.25, 0.3) is 0 Å². The Balaban J connectivity index is 2.61. The Morgan fingerprint density at radius 1 is 1.33 bits per heavy atom. The average Bonchev–Trinajstić information content (AvgIpc) is 2.35. The summed E-state index contributed by atoms with van der Waals surface area (Å²) in [6, 6.07) is 4.28. The van der Waals surface area contributed by atoms with Crippen LogP contribution in [0.3, 0.4) is 0 Å². The Hall–Kier alpha value is -2.28. The number of hydrogen-bond donors (Lipinski definition) is 2. The minimum Gasteiger partial charge on any atom is -0.478 e. The van der Waals surface area contributed by atoms with E-state index in [9.17, 15) is 14.4 Å². The van der Waals surface area contributed by atoms with Gasteiger partial charge in [0, 0.05) is 25.4 Å². The lowest BCUT2D eigenvalue weighted by atomic mass is 10.1. The summed E-state index contributed by atoms with van der Waals surface area (Å²) in [6.45, 7) is 2.50. The molecule has 114 valence electrons. The maximum Gasteiger partial charge on any atom is 0.410 e. The minimum absolute atomic E-state index is 0.0177. The topological polar surface area (TPSA) is 102 Å². The molecule has 2 N–H and O–H groups in total. The molecule has 8 heteroatoms. The summed E-state index contributed by atoms with van der Waals surface area (Å²) in [5.41, 5.74) is 0.347. The third-order valence-corrected chi connectivity index (χ3v) is 2.57. The third kappa shape index (κ3) is 5.70. The van der Waals surface area contributed by atoms with Gasteiger partial charge in [0.15, 0.2) is 0 Å². The maximum atomic E-state index is 11.5. The molecule has 0 spiro atoms. The van der Waals surface area contributed by atoms with Gasteiger partial charge in [0.05, 0.1) is 5.56 Å². The van der Waals surface area contributed by atoms with E-state index in [2.05, 4.69) is 10.1 Å². The molecule has 0 fully saturated rings. The van der Waals surface area contributed by atoms with Gasteiger partial charge in [0.1, 0.15) is 0 Å². The van der Waals surface area contributed by atoms with E-state index in [0.29, 0.717) is 5.56 Å². The number of esters is 1. The lowest BCUT2D eigenvalue weighted by molar-refractivity contribution is -0.162. The van der Waals surface area contributed by atoms with Gasteiger partial charge in [-0.2, -0.15) is 0 Å². The highest BCUT2D eigenvalue weighted by Crippen LogP contribution is 2.16. The first kappa shape index (κ1) is 16.8. The SMILES string of the molecule is CC(=O)O[C@H](C)OC(=O)NCc1ccc(Cl)cc1C(=O)O. The van der Waals surface area contributed by atoms with Gasteiger partial charge in [-0.15, -0.1) is 0 Å². The Kier molecular flexibility index (Phi) is 5.98. The van der Waals surface area contributed by atoms with E-state index in [-0.39, 0.29) is 17.1 Å². The molecule has 21 heavy (non-hydrogen) atoms. The summed E-state index contributed by atoms with van der Waals surface area (Å²) in [5, 5.41) is 11.7. The van der Waals surface area contributed by atoms with Crippen molar-refractivity contribution < 1.29 is 29.0 Å². The second-order valence-corrected chi connectivity index (χ2v) is 4.48. The van der Waals surface area contributed by atoms with Crippen molar-refractivity contribution in [2.45, 2.75) is 26.7 Å². The van der Waals surface area contributed by atoms with Crippen LogP contribution in [0.5, 0.6) is 0 Å². The molecule has 0 aliphatic heterocycles. The van der Waals surface area contributed by atoms with E-state index in [1.807, 2.05) is 0 Å². The predicted molar refractivity (Wildman–Crippen MR) is 73.0 cm³/mol. The average molecular weight is 316 g/mol. The fourth-order valence-corrected chi connectivity index (χ4v) is 1.69. The van der Waals surface area contributed by atoms with Crippen molar-refractivity contribution in [3.8, 4) is 0 Å². The van der Waals surface area contributed by atoms with Gasteiger partial charge in [-0.05, 0) is 17.7 Å². The molecule has 0 saturated heterocycles. The first-order valence-electron chi connectivity index (χ1n) is 5.93. The molecule has 1 rings (SSSR count). The molecule has 1 amide bonds. The van der Waals surface area contributed by atoms with Crippen LogP contribution in [0, 0.1) is 0 Å². The lowest BCUT2D eigenvalue weighted by Crippen LogP contribution is -2.29. The lowest BCUT2D eigenvalue weighted by Gasteiger charge is -2.14. The number of carboxylic acid groups (broad SMARTS) is 1. The zero-order valence-electron chi connectivity index (χ0n) is 11.4. The van der Waals surface area contributed by atoms with Crippen LogP contribution in [0.1, 0.15) is 29.8 Å². The number of nitrogens with one attached hydrogen (secondary N) is 1. The van der Waals surface area contributed by atoms with Crippen LogP contribution in [0.15, 0.2) is 18.2 Å². The van der Waals surface area contributed by atoms with E-state index in [4.69, 9.17) is 21.4 Å².